The molecular weight excluding hydrogens is 408 g/mol. The largest absolute Gasteiger partial charge is 0.368 e. The lowest BCUT2D eigenvalue weighted by Gasteiger charge is -2.19. The number of benzene rings is 1. The molecule has 1 aromatic heterocycles. The second kappa shape index (κ2) is 10.6. The van der Waals surface area contributed by atoms with Crippen molar-refractivity contribution in [3.8, 4) is 0 Å². The number of anilines is 3. The molecule has 1 aliphatic carbocycles. The van der Waals surface area contributed by atoms with Gasteiger partial charge in [0.25, 0.3) is 0 Å². The molecule has 2 aromatic rings. The molecule has 1 aliphatic rings. The number of aromatic nitrogens is 3. The van der Waals surface area contributed by atoms with Crippen LogP contribution in [0, 0.1) is 0 Å². The zero-order valence-corrected chi connectivity index (χ0v) is 18.1. The van der Waals surface area contributed by atoms with Crippen molar-refractivity contribution in [2.24, 2.45) is 0 Å². The molecule has 0 bridgehead atoms. The van der Waals surface area contributed by atoms with Crippen LogP contribution in [0.5, 0.6) is 0 Å². The number of nitrogens with one attached hydrogen (secondary N) is 2. The fourth-order valence-corrected chi connectivity index (χ4v) is 4.11. The maximum Gasteiger partial charge on any atom is 0.233 e. The molecule has 3 rings (SSSR count). The van der Waals surface area contributed by atoms with Crippen LogP contribution in [0.4, 0.5) is 17.6 Å². The van der Waals surface area contributed by atoms with Gasteiger partial charge in [-0.3, -0.25) is 4.79 Å². The zero-order valence-electron chi connectivity index (χ0n) is 16.5. The maximum absolute atomic E-state index is 12.5. The van der Waals surface area contributed by atoms with Crippen molar-refractivity contribution in [2.45, 2.75) is 62.5 Å². The van der Waals surface area contributed by atoms with Gasteiger partial charge in [0.15, 0.2) is 0 Å². The van der Waals surface area contributed by atoms with E-state index in [0.29, 0.717) is 28.6 Å². The van der Waals surface area contributed by atoms with Gasteiger partial charge in [0, 0.05) is 16.8 Å². The van der Waals surface area contributed by atoms with Crippen LogP contribution >= 0.6 is 23.4 Å². The van der Waals surface area contributed by atoms with Gasteiger partial charge in [0.05, 0.1) is 11.0 Å². The van der Waals surface area contributed by atoms with Crippen LogP contribution in [0.2, 0.25) is 5.02 Å². The van der Waals surface area contributed by atoms with Crippen molar-refractivity contribution < 1.29 is 4.79 Å². The van der Waals surface area contributed by atoms with Gasteiger partial charge in [-0.1, -0.05) is 37.3 Å². The standard InChI is InChI=1S/C20H27ClN6OS/c1-13(18(28)23-15-6-4-2-3-5-7-15)29-12-17-25-19(22)27-20(26-17)24-16-10-8-14(21)9-11-16/h8-11,13,15H,2-7,12H2,1H3,(H,23,28)(H3,22,24,25,26,27)/t13-/m0/s1. The Labute approximate surface area is 180 Å². The summed E-state index contributed by atoms with van der Waals surface area (Å²) in [6.07, 6.45) is 7.08. The number of hydrogen-bond donors (Lipinski definition) is 3. The summed E-state index contributed by atoms with van der Waals surface area (Å²) in [5.74, 6) is 1.59. The Morgan fingerprint density at radius 3 is 2.55 bits per heavy atom. The van der Waals surface area contributed by atoms with Crippen LogP contribution in [0.1, 0.15) is 51.3 Å². The van der Waals surface area contributed by atoms with Crippen LogP contribution in [0.3, 0.4) is 0 Å². The number of nitrogens with zero attached hydrogens (tertiary/aromatic N) is 3. The number of amides is 1. The molecule has 4 N–H and O–H groups in total. The van der Waals surface area contributed by atoms with Crippen molar-refractivity contribution in [3.63, 3.8) is 0 Å². The molecule has 1 amide bonds. The molecule has 0 radical (unpaired) electrons. The summed E-state index contributed by atoms with van der Waals surface area (Å²) in [4.78, 5) is 25.2. The first-order valence-electron chi connectivity index (χ1n) is 9.94. The van der Waals surface area contributed by atoms with Crippen LogP contribution in [-0.4, -0.2) is 32.2 Å². The quantitative estimate of drug-likeness (QED) is 0.557. The lowest BCUT2D eigenvalue weighted by Crippen LogP contribution is -2.39. The Morgan fingerprint density at radius 1 is 1.17 bits per heavy atom. The average Bonchev–Trinajstić information content (AvgIpc) is 2.96. The molecule has 1 fully saturated rings. The van der Waals surface area contributed by atoms with Gasteiger partial charge in [-0.15, -0.1) is 11.8 Å². The first-order valence-corrected chi connectivity index (χ1v) is 11.4. The van der Waals surface area contributed by atoms with E-state index in [0.717, 1.165) is 18.5 Å². The Morgan fingerprint density at radius 2 is 1.86 bits per heavy atom. The van der Waals surface area contributed by atoms with Gasteiger partial charge in [0.1, 0.15) is 5.82 Å². The average molecular weight is 435 g/mol. The third kappa shape index (κ3) is 7.04. The minimum Gasteiger partial charge on any atom is -0.368 e. The van der Waals surface area contributed by atoms with Gasteiger partial charge in [0.2, 0.25) is 17.8 Å². The predicted octanol–water partition coefficient (Wildman–Crippen LogP) is 4.31. The van der Waals surface area contributed by atoms with E-state index in [9.17, 15) is 4.79 Å². The molecular formula is C20H27ClN6OS. The minimum atomic E-state index is -0.191. The van der Waals surface area contributed by atoms with E-state index >= 15 is 0 Å². The highest BCUT2D eigenvalue weighted by molar-refractivity contribution is 7.99. The number of halogens is 1. The minimum absolute atomic E-state index is 0.0726. The summed E-state index contributed by atoms with van der Waals surface area (Å²) < 4.78 is 0. The van der Waals surface area contributed by atoms with Gasteiger partial charge < -0.3 is 16.4 Å². The second-order valence-electron chi connectivity index (χ2n) is 7.22. The highest BCUT2D eigenvalue weighted by atomic mass is 35.5. The molecule has 0 unspecified atom stereocenters. The fraction of sp³-hybridized carbons (Fsp3) is 0.500. The summed E-state index contributed by atoms with van der Waals surface area (Å²) in [5, 5.41) is 6.75. The molecule has 9 heteroatoms. The summed E-state index contributed by atoms with van der Waals surface area (Å²) in [6, 6.07) is 7.52. The lowest BCUT2D eigenvalue weighted by atomic mass is 10.1. The Bertz CT molecular complexity index is 811. The molecule has 0 aliphatic heterocycles. The summed E-state index contributed by atoms with van der Waals surface area (Å²) in [6.45, 7) is 1.91. The number of nitrogen functional groups attached to an aromatic ring is 1. The highest BCUT2D eigenvalue weighted by Crippen LogP contribution is 2.21. The summed E-state index contributed by atoms with van der Waals surface area (Å²) in [7, 11) is 0. The topological polar surface area (TPSA) is 106 Å². The Kier molecular flexibility index (Phi) is 7.94. The first kappa shape index (κ1) is 21.6. The molecule has 29 heavy (non-hydrogen) atoms. The third-order valence-electron chi connectivity index (χ3n) is 4.83. The number of nitrogens with two attached hydrogens (primary N) is 1. The van der Waals surface area contributed by atoms with Crippen molar-refractivity contribution in [3.05, 3.63) is 35.1 Å². The number of rotatable bonds is 7. The molecule has 156 valence electrons. The van der Waals surface area contributed by atoms with E-state index in [4.69, 9.17) is 17.3 Å². The number of hydrogen-bond acceptors (Lipinski definition) is 7. The Hall–Kier alpha value is -2.06. The van der Waals surface area contributed by atoms with Crippen LogP contribution in [0.25, 0.3) is 0 Å². The summed E-state index contributed by atoms with van der Waals surface area (Å²) >= 11 is 7.40. The smallest absolute Gasteiger partial charge is 0.233 e. The second-order valence-corrected chi connectivity index (χ2v) is 8.98. The van der Waals surface area contributed by atoms with Crippen LogP contribution < -0.4 is 16.4 Å². The van der Waals surface area contributed by atoms with Crippen molar-refractivity contribution >= 4 is 46.9 Å². The maximum atomic E-state index is 12.5. The normalized spacial score (nSPS) is 16.1. The van der Waals surface area contributed by atoms with Crippen molar-refractivity contribution in [1.82, 2.24) is 20.3 Å². The van der Waals surface area contributed by atoms with Gasteiger partial charge in [-0.2, -0.15) is 15.0 Å². The van der Waals surface area contributed by atoms with E-state index in [2.05, 4.69) is 25.6 Å². The SMILES string of the molecule is C[C@H](SCc1nc(N)nc(Nc2ccc(Cl)cc2)n1)C(=O)NC1CCCCCC1. The summed E-state index contributed by atoms with van der Waals surface area (Å²) in [5.41, 5.74) is 6.63. The fourth-order valence-electron chi connectivity index (χ4n) is 3.24. The zero-order chi connectivity index (χ0) is 20.6. The first-order chi connectivity index (χ1) is 14.0. The van der Waals surface area contributed by atoms with E-state index in [1.54, 1.807) is 12.1 Å². The number of thioether (sulfide) groups is 1. The lowest BCUT2D eigenvalue weighted by molar-refractivity contribution is -0.121. The van der Waals surface area contributed by atoms with E-state index < -0.39 is 0 Å². The van der Waals surface area contributed by atoms with E-state index in [-0.39, 0.29) is 17.1 Å². The number of carbonyl (C=O) groups is 1. The van der Waals surface area contributed by atoms with Crippen molar-refractivity contribution in [2.75, 3.05) is 11.1 Å². The molecule has 1 saturated carbocycles. The van der Waals surface area contributed by atoms with Gasteiger partial charge in [-0.05, 0) is 44.0 Å². The predicted molar refractivity (Wildman–Crippen MR) is 119 cm³/mol. The monoisotopic (exact) mass is 434 g/mol. The van der Waals surface area contributed by atoms with E-state index in [1.807, 2.05) is 19.1 Å². The third-order valence-corrected chi connectivity index (χ3v) is 6.22. The van der Waals surface area contributed by atoms with Crippen molar-refractivity contribution in [1.29, 1.82) is 0 Å². The van der Waals surface area contributed by atoms with Crippen LogP contribution in [0.15, 0.2) is 24.3 Å². The van der Waals surface area contributed by atoms with Gasteiger partial charge >= 0.3 is 0 Å². The molecule has 0 spiro atoms. The molecule has 7 nitrogen and oxygen atoms in total. The van der Waals surface area contributed by atoms with Crippen LogP contribution in [-0.2, 0) is 10.5 Å². The number of carbonyl (C=O) groups excluding carboxylic acids is 1. The van der Waals surface area contributed by atoms with E-state index in [1.165, 1.54) is 37.4 Å². The Balaban J connectivity index is 1.54. The molecule has 1 heterocycles. The van der Waals surface area contributed by atoms with Gasteiger partial charge in [-0.25, -0.2) is 0 Å². The highest BCUT2D eigenvalue weighted by Gasteiger charge is 2.20. The molecule has 0 saturated heterocycles. The molecule has 1 atom stereocenters. The molecule has 1 aromatic carbocycles.